The van der Waals surface area contributed by atoms with Crippen LogP contribution >= 0.6 is 0 Å². The molecule has 4 aliphatic rings. The number of hydrogen-bond acceptors (Lipinski definition) is 9. The van der Waals surface area contributed by atoms with Crippen molar-refractivity contribution in [1.29, 1.82) is 0 Å². The molecule has 2 saturated carbocycles. The van der Waals surface area contributed by atoms with Crippen molar-refractivity contribution in [3.8, 4) is 0 Å². The molecule has 4 aromatic rings. The van der Waals surface area contributed by atoms with E-state index in [4.69, 9.17) is 4.74 Å². The van der Waals surface area contributed by atoms with E-state index in [1.165, 1.54) is 27.4 Å². The third-order valence-corrected chi connectivity index (χ3v) is 16.6. The highest BCUT2D eigenvalue weighted by atomic mass is 32.2. The fourth-order valence-corrected chi connectivity index (χ4v) is 13.0. The Balaban J connectivity index is 0.000000196. The number of carbonyl (C=O) groups is 2. The normalized spacial score (nSPS) is 23.4. The summed E-state index contributed by atoms with van der Waals surface area (Å²) in [5.41, 5.74) is -0.865. The van der Waals surface area contributed by atoms with Gasteiger partial charge in [0.05, 0.1) is 11.4 Å². The average molecular weight is 967 g/mol. The lowest BCUT2D eigenvalue weighted by atomic mass is 10.0. The molecule has 2 unspecified atom stereocenters. The number of benzene rings is 2. The number of carboxylic acid groups (broad SMARTS) is 1. The van der Waals surface area contributed by atoms with Gasteiger partial charge in [0.25, 0.3) is 0 Å². The van der Waals surface area contributed by atoms with Crippen molar-refractivity contribution in [3.05, 3.63) is 119 Å². The lowest BCUT2D eigenvalue weighted by Gasteiger charge is -2.28. The molecule has 2 aliphatic carbocycles. The second kappa shape index (κ2) is 19.1. The largest absolute Gasteiger partial charge is 0.465 e. The topological polar surface area (TPSA) is 179 Å². The van der Waals surface area contributed by atoms with Gasteiger partial charge >= 0.3 is 24.5 Å². The Kier molecular flexibility index (Phi) is 14.1. The smallest absolute Gasteiger partial charge is 0.433 e. The molecule has 4 fully saturated rings. The molecule has 4 heterocycles. The molecular weight excluding hydrogens is 919 g/mol. The minimum atomic E-state index is -4.65. The minimum absolute atomic E-state index is 0.00916. The molecule has 8 rings (SSSR count). The molecule has 22 heteroatoms. The van der Waals surface area contributed by atoms with E-state index in [9.17, 15) is 57.9 Å². The Labute approximate surface area is 378 Å². The van der Waals surface area contributed by atoms with Gasteiger partial charge in [-0.2, -0.15) is 35.0 Å². The summed E-state index contributed by atoms with van der Waals surface area (Å²) >= 11 is 0. The SMILES string of the molecule is Cc1nc(C(F)(F)F)ccc1S(=O)(=O)N1C[C@H]2CC(N(Cc3ccccc3)C(=O)O)C[C@H]2C1.Cc1nc(C(F)(F)F)ccc1S(=O)(=O)N1C[C@H]2CC(NC(=O)OCc3ccccc3)C[C@H]2C1. The van der Waals surface area contributed by atoms with Crippen LogP contribution in [-0.2, 0) is 50.3 Å². The summed E-state index contributed by atoms with van der Waals surface area (Å²) in [5.74, 6) is 0.0963. The van der Waals surface area contributed by atoms with Gasteiger partial charge in [-0.25, -0.2) is 36.4 Å². The molecule has 66 heavy (non-hydrogen) atoms. The number of ether oxygens (including phenoxy) is 1. The minimum Gasteiger partial charge on any atom is -0.465 e. The van der Waals surface area contributed by atoms with Crippen molar-refractivity contribution < 1.29 is 62.6 Å². The van der Waals surface area contributed by atoms with Gasteiger partial charge in [-0.1, -0.05) is 60.7 Å². The second-order valence-electron chi connectivity index (χ2n) is 17.1. The highest BCUT2D eigenvalue weighted by Crippen LogP contribution is 2.44. The Morgan fingerprint density at radius 2 is 1.08 bits per heavy atom. The third kappa shape index (κ3) is 10.9. The number of carbonyl (C=O) groups excluding carboxylic acids is 1. The Hall–Kier alpha value is -5.32. The van der Waals surface area contributed by atoms with Gasteiger partial charge in [-0.05, 0) is 98.6 Å². The Bertz CT molecular complexity index is 2600. The average Bonchev–Trinajstić information content (AvgIpc) is 4.03. The summed E-state index contributed by atoms with van der Waals surface area (Å²) in [6.07, 6.45) is -8.51. The van der Waals surface area contributed by atoms with Gasteiger partial charge in [0.1, 0.15) is 27.8 Å². The summed E-state index contributed by atoms with van der Waals surface area (Å²) in [5, 5.41) is 12.6. The number of alkyl carbamates (subject to hydrolysis) is 1. The molecule has 14 nitrogen and oxygen atoms in total. The molecule has 0 bridgehead atoms. The molecule has 2 aromatic carbocycles. The maximum atomic E-state index is 13.1. The summed E-state index contributed by atoms with van der Waals surface area (Å²) in [4.78, 5) is 31.9. The standard InChI is InChI=1S/2C22H24F3N3O4S/c1-14-19(7-8-20(26-14)22(23,24)25)33(30,31)28-11-16-9-18(10-17(16)12-28)27-21(29)32-13-15-5-3-2-4-6-15;1-14-19(7-8-20(26-14)22(23,24)25)33(31,32)27-12-16-9-18(10-17(16)13-27)28(21(29)30)11-15-5-3-2-4-6-15/h2-8,16-18H,9-13H2,1H3,(H,27,29);2-8,16-18H,9-13H2,1H3,(H,29,30)/t2*16-,17+,18?. The molecule has 356 valence electrons. The van der Waals surface area contributed by atoms with E-state index in [0.29, 0.717) is 37.8 Å². The predicted octanol–water partition coefficient (Wildman–Crippen LogP) is 7.72. The quantitative estimate of drug-likeness (QED) is 0.150. The van der Waals surface area contributed by atoms with Crippen molar-refractivity contribution in [2.75, 3.05) is 26.2 Å². The molecule has 2 aromatic heterocycles. The second-order valence-corrected chi connectivity index (χ2v) is 20.9. The lowest BCUT2D eigenvalue weighted by molar-refractivity contribution is -0.142. The summed E-state index contributed by atoms with van der Waals surface area (Å²) in [7, 11) is -7.96. The van der Waals surface area contributed by atoms with Gasteiger partial charge in [0.15, 0.2) is 0 Å². The van der Waals surface area contributed by atoms with Gasteiger partial charge in [-0.15, -0.1) is 0 Å². The van der Waals surface area contributed by atoms with E-state index in [1.807, 2.05) is 60.7 Å². The van der Waals surface area contributed by atoms with Gasteiger partial charge in [0.2, 0.25) is 20.0 Å². The molecule has 2 aliphatic heterocycles. The first kappa shape index (κ1) is 48.6. The van der Waals surface area contributed by atoms with Crippen LogP contribution in [0.5, 0.6) is 0 Å². The zero-order chi connectivity index (χ0) is 47.8. The molecule has 2 saturated heterocycles. The maximum absolute atomic E-state index is 13.1. The monoisotopic (exact) mass is 966 g/mol. The first-order chi connectivity index (χ1) is 31.0. The molecule has 2 N–H and O–H groups in total. The van der Waals surface area contributed by atoms with E-state index >= 15 is 0 Å². The lowest BCUT2D eigenvalue weighted by Crippen LogP contribution is -2.39. The number of rotatable bonds is 10. The van der Waals surface area contributed by atoms with E-state index in [2.05, 4.69) is 15.3 Å². The van der Waals surface area contributed by atoms with Crippen LogP contribution < -0.4 is 5.32 Å². The number of sulfonamides is 2. The van der Waals surface area contributed by atoms with E-state index in [-0.39, 0.29) is 96.3 Å². The first-order valence-electron chi connectivity index (χ1n) is 21.1. The first-order valence-corrected chi connectivity index (χ1v) is 24.0. The summed E-state index contributed by atoms with van der Waals surface area (Å²) in [6.45, 7) is 3.88. The van der Waals surface area contributed by atoms with E-state index in [0.717, 1.165) is 23.3 Å². The van der Waals surface area contributed by atoms with Crippen molar-refractivity contribution >= 4 is 32.2 Å². The fraction of sp³-hybridized carbons (Fsp3) is 0.455. The van der Waals surface area contributed by atoms with Crippen LogP contribution in [0.4, 0.5) is 35.9 Å². The summed E-state index contributed by atoms with van der Waals surface area (Å²) in [6, 6.07) is 21.6. The van der Waals surface area contributed by atoms with Crippen LogP contribution in [0, 0.1) is 37.5 Å². The number of nitrogens with zero attached hydrogens (tertiary/aromatic N) is 5. The van der Waals surface area contributed by atoms with E-state index < -0.39 is 56.0 Å². The number of hydrogen-bond donors (Lipinski definition) is 2. The highest BCUT2D eigenvalue weighted by molar-refractivity contribution is 7.89. The number of fused-ring (bicyclic) bond motifs is 2. The number of aromatic nitrogens is 2. The van der Waals surface area contributed by atoms with Crippen molar-refractivity contribution in [3.63, 3.8) is 0 Å². The Morgan fingerprint density at radius 1 is 0.667 bits per heavy atom. The van der Waals surface area contributed by atoms with Crippen LogP contribution in [0.2, 0.25) is 0 Å². The molecule has 6 atom stereocenters. The van der Waals surface area contributed by atoms with Gasteiger partial charge < -0.3 is 20.1 Å². The maximum Gasteiger partial charge on any atom is 0.433 e. The highest BCUT2D eigenvalue weighted by Gasteiger charge is 2.48. The number of pyridine rings is 2. The van der Waals surface area contributed by atoms with Gasteiger partial charge in [-0.3, -0.25) is 0 Å². The predicted molar refractivity (Wildman–Crippen MR) is 225 cm³/mol. The van der Waals surface area contributed by atoms with Crippen molar-refractivity contribution in [2.45, 2.75) is 86.9 Å². The zero-order valence-corrected chi connectivity index (χ0v) is 37.4. The van der Waals surface area contributed by atoms with Crippen LogP contribution in [0.1, 0.15) is 59.6 Å². The number of nitrogens with one attached hydrogen (secondary N) is 1. The molecule has 2 amide bonds. The molecule has 0 spiro atoms. The van der Waals surface area contributed by atoms with Crippen LogP contribution in [-0.4, -0.2) is 95.9 Å². The number of halogens is 6. The summed E-state index contributed by atoms with van der Waals surface area (Å²) < 4.78 is 137. The Morgan fingerprint density at radius 3 is 1.47 bits per heavy atom. The van der Waals surface area contributed by atoms with Crippen LogP contribution in [0.15, 0.2) is 94.7 Å². The number of aryl methyl sites for hydroxylation is 2. The van der Waals surface area contributed by atoms with Crippen molar-refractivity contribution in [2.24, 2.45) is 23.7 Å². The third-order valence-electron chi connectivity index (χ3n) is 12.7. The number of amides is 2. The van der Waals surface area contributed by atoms with E-state index in [1.54, 1.807) is 0 Å². The zero-order valence-electron chi connectivity index (χ0n) is 35.7. The van der Waals surface area contributed by atoms with Gasteiger partial charge in [0, 0.05) is 44.8 Å². The number of alkyl halides is 6. The van der Waals surface area contributed by atoms with Crippen molar-refractivity contribution in [1.82, 2.24) is 28.8 Å². The van der Waals surface area contributed by atoms with Crippen LogP contribution in [0.25, 0.3) is 0 Å². The molecule has 0 radical (unpaired) electrons. The van der Waals surface area contributed by atoms with Crippen LogP contribution in [0.3, 0.4) is 0 Å². The molecular formula is C44H48F6N6O8S2. The fourth-order valence-electron chi connectivity index (χ4n) is 9.55.